The molecule has 79 heavy (non-hydrogen) atoms. The van der Waals surface area contributed by atoms with Gasteiger partial charge in [-0.3, -0.25) is 43.8 Å². The Morgan fingerprint density at radius 1 is 0.772 bits per heavy atom. The average molecular weight is 1110 g/mol. The summed E-state index contributed by atoms with van der Waals surface area (Å²) in [5, 5.41) is 18.5. The number of imide groups is 2. The number of aliphatic hydroxyl groups is 1. The molecule has 6 rings (SSSR count). The van der Waals surface area contributed by atoms with E-state index in [1.54, 1.807) is 18.2 Å². The van der Waals surface area contributed by atoms with Crippen LogP contribution in [0.4, 0.5) is 5.69 Å². The molecule has 20 nitrogen and oxygen atoms in total. The van der Waals surface area contributed by atoms with Crippen molar-refractivity contribution in [2.24, 2.45) is 29.1 Å². The highest BCUT2D eigenvalue weighted by molar-refractivity contribution is 6.25. The van der Waals surface area contributed by atoms with Gasteiger partial charge in [-0.1, -0.05) is 38.1 Å². The Morgan fingerprint density at radius 2 is 1.38 bits per heavy atom. The van der Waals surface area contributed by atoms with E-state index in [1.807, 2.05) is 13.8 Å². The Morgan fingerprint density at radius 3 is 1.99 bits per heavy atom. The normalized spacial score (nSPS) is 23.9. The summed E-state index contributed by atoms with van der Waals surface area (Å²) in [6, 6.07) is 3.99. The molecule has 20 heteroatoms. The number of fused-ring (bicyclic) bond motifs is 2. The molecule has 0 bridgehead atoms. The van der Waals surface area contributed by atoms with Gasteiger partial charge >= 0.3 is 11.9 Å². The largest absolute Gasteiger partial charge is 0.462 e. The van der Waals surface area contributed by atoms with E-state index in [9.17, 15) is 38.7 Å². The maximum Gasteiger partial charge on any atom is 0.311 e. The predicted octanol–water partition coefficient (Wildman–Crippen LogP) is 6.03. The second kappa shape index (κ2) is 33.0. The quantitative estimate of drug-likeness (QED) is 0.0337. The Kier molecular flexibility index (Phi) is 26.3. The van der Waals surface area contributed by atoms with E-state index in [0.29, 0.717) is 124 Å². The van der Waals surface area contributed by atoms with E-state index in [0.717, 1.165) is 49.8 Å². The van der Waals surface area contributed by atoms with Crippen molar-refractivity contribution in [1.82, 2.24) is 15.5 Å². The van der Waals surface area contributed by atoms with Crippen LogP contribution < -0.4 is 16.0 Å². The lowest BCUT2D eigenvalue weighted by Gasteiger charge is -2.44. The number of nitrogens with one attached hydrogen (secondary N) is 3. The molecule has 8 atom stereocenters. The number of hydrogen-bond acceptors (Lipinski definition) is 17. The summed E-state index contributed by atoms with van der Waals surface area (Å²) in [4.78, 5) is 89.6. The number of cyclic esters (lactones) is 1. The second-order valence-corrected chi connectivity index (χ2v) is 22.1. The topological polar surface area (TPSA) is 253 Å². The molecule has 0 saturated carbocycles. The van der Waals surface area contributed by atoms with Crippen LogP contribution in [0.15, 0.2) is 42.0 Å². The third kappa shape index (κ3) is 20.1. The first-order valence-corrected chi connectivity index (χ1v) is 28.9. The van der Waals surface area contributed by atoms with Gasteiger partial charge in [0.2, 0.25) is 17.7 Å². The van der Waals surface area contributed by atoms with E-state index in [-0.39, 0.29) is 90.5 Å². The molecule has 3 heterocycles. The van der Waals surface area contributed by atoms with Crippen molar-refractivity contribution in [3.63, 3.8) is 0 Å². The van der Waals surface area contributed by atoms with Crippen molar-refractivity contribution < 1.29 is 76.6 Å². The SMILES string of the molecule is C[C@H]1C=C2C=C[C@H](C)[C@H](CC[C@@H]3C[C@@H](O)CC(=O)O3)[C@H]2[C@@H](OC(=O)C(C)(C)CCC(=O)NCCOCCCOCCCOCCCOCCCOCCCOCCCNc2cccc3c2C(=O)N(C2CCC(=O)NC2=O)C3=O)C1. The van der Waals surface area contributed by atoms with Crippen LogP contribution in [0.2, 0.25) is 0 Å². The number of allylic oxidation sites excluding steroid dienone is 3. The van der Waals surface area contributed by atoms with Crippen LogP contribution in [0, 0.1) is 29.1 Å². The number of benzene rings is 1. The van der Waals surface area contributed by atoms with Crippen molar-refractivity contribution in [1.29, 1.82) is 0 Å². The van der Waals surface area contributed by atoms with Crippen LogP contribution in [0.3, 0.4) is 0 Å². The third-order valence-corrected chi connectivity index (χ3v) is 15.1. The molecule has 0 spiro atoms. The van der Waals surface area contributed by atoms with E-state index >= 15 is 0 Å². The zero-order chi connectivity index (χ0) is 56.6. The lowest BCUT2D eigenvalue weighted by molar-refractivity contribution is -0.166. The first-order chi connectivity index (χ1) is 38.1. The highest BCUT2D eigenvalue weighted by Gasteiger charge is 2.46. The number of piperidine rings is 1. The summed E-state index contributed by atoms with van der Waals surface area (Å²) in [5.74, 6) is -2.22. The Bertz CT molecular complexity index is 2240. The van der Waals surface area contributed by atoms with Gasteiger partial charge in [0, 0.05) is 117 Å². The third-order valence-electron chi connectivity index (χ3n) is 15.1. The summed E-state index contributed by atoms with van der Waals surface area (Å²) >= 11 is 0. The molecular formula is C59H88N4O16. The number of carbonyl (C=O) groups is 7. The number of hydrogen-bond donors (Lipinski definition) is 4. The maximum absolute atomic E-state index is 13.7. The molecule has 1 unspecified atom stereocenters. The van der Waals surface area contributed by atoms with Crippen LogP contribution in [0.1, 0.15) is 145 Å². The van der Waals surface area contributed by atoms with Crippen LogP contribution in [-0.2, 0) is 61.9 Å². The Hall–Kier alpha value is -5.09. The number of aliphatic hydroxyl groups excluding tert-OH is 1. The predicted molar refractivity (Wildman–Crippen MR) is 292 cm³/mol. The van der Waals surface area contributed by atoms with Gasteiger partial charge in [0.05, 0.1) is 35.7 Å². The lowest BCUT2D eigenvalue weighted by atomic mass is 9.65. The number of nitrogens with zero attached hydrogens (tertiary/aromatic N) is 1. The molecule has 0 aromatic heterocycles. The molecule has 1 aromatic carbocycles. The first-order valence-electron chi connectivity index (χ1n) is 28.9. The highest BCUT2D eigenvalue weighted by atomic mass is 16.6. The molecule has 2 fully saturated rings. The minimum Gasteiger partial charge on any atom is -0.462 e. The zero-order valence-corrected chi connectivity index (χ0v) is 47.1. The molecule has 3 aliphatic heterocycles. The van der Waals surface area contributed by atoms with Gasteiger partial charge in [0.15, 0.2) is 0 Å². The molecule has 0 radical (unpaired) electrons. The molecule has 5 aliphatic rings. The monoisotopic (exact) mass is 1110 g/mol. The van der Waals surface area contributed by atoms with Gasteiger partial charge in [0.25, 0.3) is 11.8 Å². The fourth-order valence-corrected chi connectivity index (χ4v) is 10.8. The van der Waals surface area contributed by atoms with E-state index < -0.39 is 41.2 Å². The molecular weight excluding hydrogens is 1020 g/mol. The van der Waals surface area contributed by atoms with Gasteiger partial charge in [0.1, 0.15) is 18.2 Å². The first kappa shape index (κ1) is 63.1. The smallest absolute Gasteiger partial charge is 0.311 e. The van der Waals surface area contributed by atoms with Gasteiger partial charge in [-0.2, -0.15) is 0 Å². The van der Waals surface area contributed by atoms with E-state index in [4.69, 9.17) is 37.9 Å². The van der Waals surface area contributed by atoms with Crippen molar-refractivity contribution in [3.05, 3.63) is 53.1 Å². The fraction of sp³-hybridized carbons (Fsp3) is 0.712. The second-order valence-electron chi connectivity index (χ2n) is 22.1. The summed E-state index contributed by atoms with van der Waals surface area (Å²) < 4.78 is 46.1. The number of ether oxygens (including phenoxy) is 8. The van der Waals surface area contributed by atoms with Gasteiger partial charge in [-0.05, 0) is 120 Å². The number of anilines is 1. The van der Waals surface area contributed by atoms with Crippen LogP contribution in [0.25, 0.3) is 0 Å². The van der Waals surface area contributed by atoms with Crippen molar-refractivity contribution in [2.75, 3.05) is 97.7 Å². The maximum atomic E-state index is 13.7. The van der Waals surface area contributed by atoms with Gasteiger partial charge < -0.3 is 53.6 Å². The molecule has 4 N–H and O–H groups in total. The van der Waals surface area contributed by atoms with Crippen LogP contribution in [-0.4, -0.2) is 168 Å². The minimum atomic E-state index is -1.00. The molecule has 2 saturated heterocycles. The van der Waals surface area contributed by atoms with E-state index in [2.05, 4.69) is 48.0 Å². The average Bonchev–Trinajstić information content (AvgIpc) is 3.67. The Labute approximate surface area is 466 Å². The van der Waals surface area contributed by atoms with Gasteiger partial charge in [-0.25, -0.2) is 0 Å². The minimum absolute atomic E-state index is 0.0240. The zero-order valence-electron chi connectivity index (χ0n) is 47.1. The summed E-state index contributed by atoms with van der Waals surface area (Å²) in [6.45, 7) is 15.7. The molecule has 440 valence electrons. The van der Waals surface area contributed by atoms with Gasteiger partial charge in [-0.15, -0.1) is 0 Å². The van der Waals surface area contributed by atoms with Crippen molar-refractivity contribution in [2.45, 2.75) is 148 Å². The molecule has 5 amide bonds. The van der Waals surface area contributed by atoms with E-state index in [1.165, 1.54) is 5.57 Å². The number of esters is 2. The van der Waals surface area contributed by atoms with Crippen molar-refractivity contribution in [3.8, 4) is 0 Å². The van der Waals surface area contributed by atoms with Crippen LogP contribution in [0.5, 0.6) is 0 Å². The lowest BCUT2D eigenvalue weighted by Crippen LogP contribution is -2.54. The molecule has 1 aromatic rings. The fourth-order valence-electron chi connectivity index (χ4n) is 10.8. The number of carbonyl (C=O) groups excluding carboxylic acids is 7. The molecule has 2 aliphatic carbocycles. The Balaban J connectivity index is 0.671. The summed E-state index contributed by atoms with van der Waals surface area (Å²) in [6.07, 6.45) is 13.3. The number of rotatable bonds is 37. The highest BCUT2D eigenvalue weighted by Crippen LogP contribution is 2.46. The summed E-state index contributed by atoms with van der Waals surface area (Å²) in [5.41, 5.74) is 1.33. The summed E-state index contributed by atoms with van der Waals surface area (Å²) in [7, 11) is 0. The van der Waals surface area contributed by atoms with Crippen LogP contribution >= 0.6 is 0 Å². The van der Waals surface area contributed by atoms with Crippen molar-refractivity contribution >= 4 is 47.2 Å². The number of amides is 5. The standard InChI is InChI=1S/C59H88N4O16/c1-40-36-42-15-14-41(2)45(17-16-44-38-43(64)39-52(67)78-44)53(42)49(37-40)79-58(71)59(3,4)21-20-50(65)61-23-35-77-34-11-33-76-32-10-31-75-30-9-29-74-28-8-27-73-26-7-25-72-24-6-22-60-47-13-5-12-46-54(47)57(70)63(56(46)69)48-18-19-51(66)62-55(48)68/h5,12-15,36,40-41,43-45,48-49,53,60,64H,6-11,16-35,37-39H2,1-4H3,(H,61,65)(H,62,66,68)/t40-,41-,43+,44+,45-,48?,49-,53-/m0/s1.